The van der Waals surface area contributed by atoms with Crippen LogP contribution < -0.4 is 9.64 Å². The second-order valence-electron chi connectivity index (χ2n) is 4.90. The Morgan fingerprint density at radius 2 is 1.81 bits per heavy atom. The molecule has 0 fully saturated rings. The average molecular weight is 275 g/mol. The van der Waals surface area contributed by atoms with Crippen LogP contribution in [0.2, 0.25) is 0 Å². The van der Waals surface area contributed by atoms with Crippen molar-refractivity contribution in [3.63, 3.8) is 0 Å². The molecule has 1 aliphatic rings. The summed E-state index contributed by atoms with van der Waals surface area (Å²) >= 11 is 0. The van der Waals surface area contributed by atoms with Crippen LogP contribution in [0.15, 0.2) is 85.3 Å². The van der Waals surface area contributed by atoms with E-state index in [1.54, 1.807) is 12.2 Å². The number of allylic oxidation sites excluding steroid dienone is 2. The Bertz CT molecular complexity index is 743. The highest BCUT2D eigenvalue weighted by molar-refractivity contribution is 5.77. The van der Waals surface area contributed by atoms with Crippen molar-refractivity contribution in [2.75, 3.05) is 4.90 Å². The first-order chi connectivity index (χ1) is 10.2. The van der Waals surface area contributed by atoms with Crippen molar-refractivity contribution in [1.82, 2.24) is 0 Å². The Labute approximate surface area is 125 Å². The zero-order valence-electron chi connectivity index (χ0n) is 12.0. The number of para-hydroxylation sites is 2. The van der Waals surface area contributed by atoms with Gasteiger partial charge in [0.1, 0.15) is 0 Å². The predicted molar refractivity (Wildman–Crippen MR) is 87.8 cm³/mol. The molecule has 1 aliphatic heterocycles. The first-order valence-corrected chi connectivity index (χ1v) is 6.87. The third kappa shape index (κ3) is 2.25. The van der Waals surface area contributed by atoms with E-state index in [0.29, 0.717) is 5.76 Å². The minimum absolute atomic E-state index is 0.713. The number of anilines is 2. The van der Waals surface area contributed by atoms with Crippen molar-refractivity contribution in [1.29, 1.82) is 0 Å². The lowest BCUT2D eigenvalue weighted by Crippen LogP contribution is -2.23. The molecule has 21 heavy (non-hydrogen) atoms. The fraction of sp³-hybridized carbons (Fsp3) is 0.0526. The maximum absolute atomic E-state index is 5.92. The van der Waals surface area contributed by atoms with Gasteiger partial charge in [-0.15, -0.1) is 0 Å². The molecule has 0 atom stereocenters. The van der Waals surface area contributed by atoms with E-state index >= 15 is 0 Å². The second-order valence-corrected chi connectivity index (χ2v) is 4.90. The third-order valence-corrected chi connectivity index (χ3v) is 3.46. The van der Waals surface area contributed by atoms with Crippen molar-refractivity contribution in [2.24, 2.45) is 0 Å². The van der Waals surface area contributed by atoms with E-state index in [1.165, 1.54) is 5.56 Å². The molecule has 0 bridgehead atoms. The maximum Gasteiger partial charge on any atom is 0.151 e. The molecule has 1 heterocycles. The molecule has 104 valence electrons. The van der Waals surface area contributed by atoms with E-state index in [1.807, 2.05) is 24.3 Å². The standard InChI is InChI=1S/C19H17NO/c1-4-16-18(5-2)21-19-12-7-6-11-17(19)20(16)15-10-8-9-14(3)13-15/h4-13H,1-2H2,3H3. The van der Waals surface area contributed by atoms with E-state index in [-0.39, 0.29) is 0 Å². The molecule has 2 nitrogen and oxygen atoms in total. The van der Waals surface area contributed by atoms with Gasteiger partial charge >= 0.3 is 0 Å². The molecule has 0 saturated carbocycles. The molecule has 0 aliphatic carbocycles. The Balaban J connectivity index is 2.25. The van der Waals surface area contributed by atoms with Crippen LogP contribution in [0.3, 0.4) is 0 Å². The monoisotopic (exact) mass is 275 g/mol. The molecular weight excluding hydrogens is 258 g/mol. The van der Waals surface area contributed by atoms with E-state index in [4.69, 9.17) is 4.74 Å². The SMILES string of the molecule is C=CC1=C(C=C)N(c2cccc(C)c2)c2ccccc2O1. The number of hydrogen-bond donors (Lipinski definition) is 0. The molecule has 0 amide bonds. The van der Waals surface area contributed by atoms with Crippen LogP contribution in [0.25, 0.3) is 0 Å². The molecule has 0 aromatic heterocycles. The van der Waals surface area contributed by atoms with E-state index in [9.17, 15) is 0 Å². The lowest BCUT2D eigenvalue weighted by Gasteiger charge is -2.33. The van der Waals surface area contributed by atoms with E-state index in [0.717, 1.165) is 22.8 Å². The van der Waals surface area contributed by atoms with Crippen molar-refractivity contribution in [3.8, 4) is 5.75 Å². The Kier molecular flexibility index (Phi) is 3.36. The van der Waals surface area contributed by atoms with Crippen LogP contribution >= 0.6 is 0 Å². The van der Waals surface area contributed by atoms with Gasteiger partial charge in [0, 0.05) is 5.69 Å². The van der Waals surface area contributed by atoms with Crippen LogP contribution in [0.1, 0.15) is 5.56 Å². The smallest absolute Gasteiger partial charge is 0.151 e. The quantitative estimate of drug-likeness (QED) is 0.771. The van der Waals surface area contributed by atoms with Gasteiger partial charge in [-0.25, -0.2) is 0 Å². The van der Waals surface area contributed by atoms with Crippen LogP contribution in [0.4, 0.5) is 11.4 Å². The summed E-state index contributed by atoms with van der Waals surface area (Å²) in [7, 11) is 0. The van der Waals surface area contributed by atoms with Crippen LogP contribution in [-0.4, -0.2) is 0 Å². The van der Waals surface area contributed by atoms with Crippen molar-refractivity contribution >= 4 is 11.4 Å². The highest BCUT2D eigenvalue weighted by Crippen LogP contribution is 2.42. The van der Waals surface area contributed by atoms with Crippen LogP contribution in [-0.2, 0) is 0 Å². The first-order valence-electron chi connectivity index (χ1n) is 6.87. The number of benzene rings is 2. The Hall–Kier alpha value is -2.74. The lowest BCUT2D eigenvalue weighted by atomic mass is 10.1. The van der Waals surface area contributed by atoms with Gasteiger partial charge in [-0.3, -0.25) is 0 Å². The lowest BCUT2D eigenvalue weighted by molar-refractivity contribution is 0.431. The van der Waals surface area contributed by atoms with Gasteiger partial charge in [-0.2, -0.15) is 0 Å². The van der Waals surface area contributed by atoms with Crippen molar-refractivity contribution < 1.29 is 4.74 Å². The molecular formula is C19H17NO. The summed E-state index contributed by atoms with van der Waals surface area (Å²) in [5.41, 5.74) is 4.19. The van der Waals surface area contributed by atoms with Crippen LogP contribution in [0.5, 0.6) is 5.75 Å². The summed E-state index contributed by atoms with van der Waals surface area (Å²) in [6.07, 6.45) is 3.52. The zero-order valence-corrected chi connectivity index (χ0v) is 12.0. The van der Waals surface area contributed by atoms with E-state index in [2.05, 4.69) is 49.2 Å². The molecule has 2 aromatic carbocycles. The third-order valence-electron chi connectivity index (χ3n) is 3.46. The van der Waals surface area contributed by atoms with Crippen molar-refractivity contribution in [3.05, 3.63) is 90.9 Å². The molecule has 2 aromatic rings. The van der Waals surface area contributed by atoms with Gasteiger partial charge in [0.05, 0.1) is 11.4 Å². The summed E-state index contributed by atoms with van der Waals surface area (Å²) < 4.78 is 5.92. The van der Waals surface area contributed by atoms with Gasteiger partial charge in [0.15, 0.2) is 11.5 Å². The van der Waals surface area contributed by atoms with Gasteiger partial charge in [0.25, 0.3) is 0 Å². The molecule has 0 radical (unpaired) electrons. The summed E-state index contributed by atoms with van der Waals surface area (Å²) in [5.74, 6) is 1.53. The minimum Gasteiger partial charge on any atom is -0.453 e. The molecule has 0 unspecified atom stereocenters. The van der Waals surface area contributed by atoms with Crippen LogP contribution in [0, 0.1) is 6.92 Å². The molecule has 2 heteroatoms. The first kappa shape index (κ1) is 13.3. The molecule has 0 spiro atoms. The van der Waals surface area contributed by atoms with Gasteiger partial charge in [0.2, 0.25) is 0 Å². The molecule has 0 N–H and O–H groups in total. The molecule has 3 rings (SSSR count). The Morgan fingerprint density at radius 1 is 1.00 bits per heavy atom. The number of aryl methyl sites for hydroxylation is 1. The zero-order chi connectivity index (χ0) is 14.8. The fourth-order valence-electron chi connectivity index (χ4n) is 2.52. The molecule has 0 saturated heterocycles. The summed E-state index contributed by atoms with van der Waals surface area (Å²) in [5, 5.41) is 0. The highest BCUT2D eigenvalue weighted by atomic mass is 16.5. The van der Waals surface area contributed by atoms with E-state index < -0.39 is 0 Å². The fourth-order valence-corrected chi connectivity index (χ4v) is 2.52. The number of ether oxygens (including phenoxy) is 1. The minimum atomic E-state index is 0.713. The number of hydrogen-bond acceptors (Lipinski definition) is 2. The highest BCUT2D eigenvalue weighted by Gasteiger charge is 2.25. The summed E-state index contributed by atoms with van der Waals surface area (Å²) in [4.78, 5) is 2.15. The second kappa shape index (κ2) is 5.33. The number of nitrogens with zero attached hydrogens (tertiary/aromatic N) is 1. The predicted octanol–water partition coefficient (Wildman–Crippen LogP) is 5.11. The van der Waals surface area contributed by atoms with Gasteiger partial charge in [-0.1, -0.05) is 37.4 Å². The Morgan fingerprint density at radius 3 is 2.52 bits per heavy atom. The maximum atomic E-state index is 5.92. The van der Waals surface area contributed by atoms with Gasteiger partial charge < -0.3 is 9.64 Å². The van der Waals surface area contributed by atoms with Crippen molar-refractivity contribution in [2.45, 2.75) is 6.92 Å². The largest absolute Gasteiger partial charge is 0.453 e. The number of rotatable bonds is 3. The topological polar surface area (TPSA) is 12.5 Å². The number of fused-ring (bicyclic) bond motifs is 1. The summed E-state index contributed by atoms with van der Waals surface area (Å²) in [6.45, 7) is 9.86. The normalized spacial score (nSPS) is 13.5. The average Bonchev–Trinajstić information content (AvgIpc) is 2.52. The van der Waals surface area contributed by atoms with Gasteiger partial charge in [-0.05, 0) is 48.9 Å². The summed E-state index contributed by atoms with van der Waals surface area (Å²) in [6, 6.07) is 16.3.